The molecule has 0 unspecified atom stereocenters. The van der Waals surface area contributed by atoms with Crippen LogP contribution in [-0.4, -0.2) is 13.1 Å². The predicted octanol–water partition coefficient (Wildman–Crippen LogP) is 5.07. The standard InChI is InChI=1S/C12H12Br3N/c1-9(13)7-16(8-10(2)14)12-6-4-3-5-11(12)15/h3-6H,1-2,7-8H2. The second kappa shape index (κ2) is 6.62. The van der Waals surface area contributed by atoms with E-state index in [1.807, 2.05) is 18.2 Å². The first-order chi connectivity index (χ1) is 7.50. The van der Waals surface area contributed by atoms with Gasteiger partial charge >= 0.3 is 0 Å². The quantitative estimate of drug-likeness (QED) is 0.656. The summed E-state index contributed by atoms with van der Waals surface area (Å²) >= 11 is 10.3. The Kier molecular flexibility index (Phi) is 5.79. The van der Waals surface area contributed by atoms with Gasteiger partial charge < -0.3 is 4.90 Å². The molecule has 1 aromatic carbocycles. The van der Waals surface area contributed by atoms with Crippen molar-refractivity contribution in [2.24, 2.45) is 0 Å². The van der Waals surface area contributed by atoms with Crippen LogP contribution in [0.2, 0.25) is 0 Å². The van der Waals surface area contributed by atoms with Gasteiger partial charge in [-0.3, -0.25) is 0 Å². The molecular weight excluding hydrogens is 398 g/mol. The van der Waals surface area contributed by atoms with Crippen LogP contribution >= 0.6 is 47.8 Å². The minimum Gasteiger partial charge on any atom is -0.361 e. The summed E-state index contributed by atoms with van der Waals surface area (Å²) in [5, 5.41) is 0. The average Bonchev–Trinajstić information content (AvgIpc) is 2.15. The molecule has 0 aliphatic carbocycles. The molecular formula is C12H12Br3N. The average molecular weight is 410 g/mol. The van der Waals surface area contributed by atoms with Crippen LogP contribution in [0.1, 0.15) is 0 Å². The highest BCUT2D eigenvalue weighted by molar-refractivity contribution is 9.12. The maximum atomic E-state index is 3.87. The van der Waals surface area contributed by atoms with Gasteiger partial charge in [-0.2, -0.15) is 0 Å². The van der Waals surface area contributed by atoms with Crippen LogP contribution in [0, 0.1) is 0 Å². The molecule has 0 atom stereocenters. The Morgan fingerprint density at radius 3 is 2.00 bits per heavy atom. The van der Waals surface area contributed by atoms with E-state index in [2.05, 4.69) is 71.9 Å². The predicted molar refractivity (Wildman–Crippen MR) is 82.5 cm³/mol. The van der Waals surface area contributed by atoms with Crippen molar-refractivity contribution in [2.75, 3.05) is 18.0 Å². The molecule has 1 rings (SSSR count). The van der Waals surface area contributed by atoms with Gasteiger partial charge in [0.15, 0.2) is 0 Å². The molecule has 0 amide bonds. The van der Waals surface area contributed by atoms with Gasteiger partial charge in [-0.1, -0.05) is 57.2 Å². The zero-order valence-electron chi connectivity index (χ0n) is 8.72. The summed E-state index contributed by atoms with van der Waals surface area (Å²) in [6, 6.07) is 8.10. The topological polar surface area (TPSA) is 3.24 Å². The number of anilines is 1. The maximum Gasteiger partial charge on any atom is 0.0517 e. The molecule has 1 nitrogen and oxygen atoms in total. The van der Waals surface area contributed by atoms with Crippen LogP contribution in [0.25, 0.3) is 0 Å². The fraction of sp³-hybridized carbons (Fsp3) is 0.167. The Hall–Kier alpha value is -0.0600. The Labute approximate surface area is 122 Å². The van der Waals surface area contributed by atoms with E-state index < -0.39 is 0 Å². The van der Waals surface area contributed by atoms with Gasteiger partial charge in [0.2, 0.25) is 0 Å². The summed E-state index contributed by atoms with van der Waals surface area (Å²) in [6.45, 7) is 9.23. The van der Waals surface area contributed by atoms with Gasteiger partial charge in [0.25, 0.3) is 0 Å². The van der Waals surface area contributed by atoms with Crippen LogP contribution in [0.15, 0.2) is 50.9 Å². The second-order valence-corrected chi connectivity index (χ2v) is 6.44. The number of nitrogens with zero attached hydrogens (tertiary/aromatic N) is 1. The third-order valence-corrected chi connectivity index (χ3v) is 3.09. The Morgan fingerprint density at radius 2 is 1.56 bits per heavy atom. The summed E-state index contributed by atoms with van der Waals surface area (Å²) in [7, 11) is 0. The lowest BCUT2D eigenvalue weighted by atomic mass is 10.3. The molecule has 86 valence electrons. The van der Waals surface area contributed by atoms with Crippen molar-refractivity contribution in [1.29, 1.82) is 0 Å². The summed E-state index contributed by atoms with van der Waals surface area (Å²) in [6.07, 6.45) is 0. The third kappa shape index (κ3) is 4.44. The molecule has 0 aliphatic heterocycles. The number of hydrogen-bond donors (Lipinski definition) is 0. The van der Waals surface area contributed by atoms with E-state index in [4.69, 9.17) is 0 Å². The molecule has 0 heterocycles. The molecule has 16 heavy (non-hydrogen) atoms. The first kappa shape index (κ1) is 14.0. The fourth-order valence-corrected chi connectivity index (χ4v) is 2.49. The van der Waals surface area contributed by atoms with Crippen molar-refractivity contribution >= 4 is 53.5 Å². The van der Waals surface area contributed by atoms with Crippen molar-refractivity contribution in [3.05, 3.63) is 50.9 Å². The lowest BCUT2D eigenvalue weighted by Crippen LogP contribution is -2.25. The molecule has 4 heteroatoms. The molecule has 0 fully saturated rings. The van der Waals surface area contributed by atoms with Gasteiger partial charge in [0, 0.05) is 26.5 Å². The van der Waals surface area contributed by atoms with E-state index in [1.165, 1.54) is 0 Å². The zero-order valence-corrected chi connectivity index (χ0v) is 13.5. The molecule has 0 bridgehead atoms. The van der Waals surface area contributed by atoms with Gasteiger partial charge in [-0.15, -0.1) is 0 Å². The Bertz CT molecular complexity index is 385. The van der Waals surface area contributed by atoms with E-state index in [0.29, 0.717) is 0 Å². The van der Waals surface area contributed by atoms with Gasteiger partial charge in [-0.25, -0.2) is 0 Å². The lowest BCUT2D eigenvalue weighted by Gasteiger charge is -2.25. The fourth-order valence-electron chi connectivity index (χ4n) is 1.35. The maximum absolute atomic E-state index is 3.87. The van der Waals surface area contributed by atoms with Crippen LogP contribution in [0.5, 0.6) is 0 Å². The largest absolute Gasteiger partial charge is 0.361 e. The van der Waals surface area contributed by atoms with Gasteiger partial charge in [0.05, 0.1) is 5.69 Å². The molecule has 0 aliphatic rings. The molecule has 0 saturated heterocycles. The number of rotatable bonds is 5. The molecule has 0 aromatic heterocycles. The van der Waals surface area contributed by atoms with Crippen LogP contribution in [0.3, 0.4) is 0 Å². The monoisotopic (exact) mass is 407 g/mol. The van der Waals surface area contributed by atoms with Crippen molar-refractivity contribution in [3.8, 4) is 0 Å². The minimum atomic E-state index is 0.743. The zero-order chi connectivity index (χ0) is 12.1. The van der Waals surface area contributed by atoms with Crippen molar-refractivity contribution in [2.45, 2.75) is 0 Å². The van der Waals surface area contributed by atoms with E-state index in [1.54, 1.807) is 0 Å². The number of para-hydroxylation sites is 1. The number of benzene rings is 1. The second-order valence-electron chi connectivity index (χ2n) is 3.34. The summed E-state index contributed by atoms with van der Waals surface area (Å²) < 4.78 is 2.95. The highest BCUT2D eigenvalue weighted by Crippen LogP contribution is 2.27. The van der Waals surface area contributed by atoms with Crippen LogP contribution in [0.4, 0.5) is 5.69 Å². The van der Waals surface area contributed by atoms with Gasteiger partial charge in [-0.05, 0) is 28.1 Å². The van der Waals surface area contributed by atoms with E-state index >= 15 is 0 Å². The molecule has 0 spiro atoms. The van der Waals surface area contributed by atoms with Gasteiger partial charge in [0.1, 0.15) is 0 Å². The Morgan fingerprint density at radius 1 is 1.06 bits per heavy atom. The van der Waals surface area contributed by atoms with Crippen molar-refractivity contribution < 1.29 is 0 Å². The van der Waals surface area contributed by atoms with Crippen LogP contribution < -0.4 is 4.90 Å². The highest BCUT2D eigenvalue weighted by Gasteiger charge is 2.10. The number of halogens is 3. The van der Waals surface area contributed by atoms with Crippen molar-refractivity contribution in [3.63, 3.8) is 0 Å². The summed E-state index contributed by atoms with van der Waals surface area (Å²) in [4.78, 5) is 2.18. The molecule has 0 N–H and O–H groups in total. The minimum absolute atomic E-state index is 0.743. The number of hydrogen-bond acceptors (Lipinski definition) is 1. The SMILES string of the molecule is C=C(Br)CN(CC(=C)Br)c1ccccc1Br. The third-order valence-electron chi connectivity index (χ3n) is 1.92. The first-order valence-corrected chi connectivity index (χ1v) is 7.04. The van der Waals surface area contributed by atoms with E-state index in [0.717, 1.165) is 32.2 Å². The highest BCUT2D eigenvalue weighted by atomic mass is 79.9. The van der Waals surface area contributed by atoms with E-state index in [-0.39, 0.29) is 0 Å². The smallest absolute Gasteiger partial charge is 0.0517 e. The molecule has 0 radical (unpaired) electrons. The lowest BCUT2D eigenvalue weighted by molar-refractivity contribution is 0.943. The summed E-state index contributed by atoms with van der Waals surface area (Å²) in [5.74, 6) is 0. The Balaban J connectivity index is 2.96. The summed E-state index contributed by atoms with van der Waals surface area (Å²) in [5.41, 5.74) is 1.13. The molecule has 1 aromatic rings. The van der Waals surface area contributed by atoms with E-state index in [9.17, 15) is 0 Å². The van der Waals surface area contributed by atoms with Crippen molar-refractivity contribution in [1.82, 2.24) is 0 Å². The first-order valence-electron chi connectivity index (χ1n) is 4.66. The normalized spacial score (nSPS) is 9.94. The molecule has 0 saturated carbocycles. The van der Waals surface area contributed by atoms with Crippen LogP contribution in [-0.2, 0) is 0 Å².